The number of halogens is 2. The van der Waals surface area contributed by atoms with Gasteiger partial charge in [-0.2, -0.15) is 0 Å². The molecule has 0 heterocycles. The van der Waals surface area contributed by atoms with Gasteiger partial charge in [0.05, 0.1) is 24.9 Å². The highest BCUT2D eigenvalue weighted by molar-refractivity contribution is 5.68. The molecular weight excluding hydrogens is 314 g/mol. The molecular formula is C18H28F2N2O2. The molecule has 0 saturated heterocycles. The lowest BCUT2D eigenvalue weighted by Crippen LogP contribution is -2.31. The molecule has 1 aromatic rings. The number of benzene rings is 1. The molecule has 1 fully saturated rings. The van der Waals surface area contributed by atoms with E-state index in [-0.39, 0.29) is 12.8 Å². The second-order valence-electron chi connectivity index (χ2n) is 6.57. The summed E-state index contributed by atoms with van der Waals surface area (Å²) in [4.78, 5) is 0. The Labute approximate surface area is 142 Å². The van der Waals surface area contributed by atoms with Crippen molar-refractivity contribution < 1.29 is 18.3 Å². The molecule has 0 spiro atoms. The number of nitrogen functional groups attached to an aromatic ring is 1. The van der Waals surface area contributed by atoms with Crippen LogP contribution >= 0.6 is 0 Å². The maximum atomic E-state index is 14.2. The predicted octanol–water partition coefficient (Wildman–Crippen LogP) is 4.66. The van der Waals surface area contributed by atoms with E-state index < -0.39 is 12.2 Å². The molecule has 0 radical (unpaired) electrons. The van der Waals surface area contributed by atoms with E-state index in [1.165, 1.54) is 20.0 Å². The summed E-state index contributed by atoms with van der Waals surface area (Å²) in [6, 6.07) is 5.07. The number of unbranched alkanes of at least 4 members (excludes halogenated alkanes) is 1. The van der Waals surface area contributed by atoms with Gasteiger partial charge in [0.15, 0.2) is 0 Å². The van der Waals surface area contributed by atoms with Gasteiger partial charge in [0, 0.05) is 19.6 Å². The number of hydrogen-bond acceptors (Lipinski definition) is 4. The van der Waals surface area contributed by atoms with Crippen LogP contribution in [0, 0.1) is 5.92 Å². The number of hydrogen-bond donors (Lipinski definition) is 2. The van der Waals surface area contributed by atoms with Crippen LogP contribution in [0.5, 0.6) is 5.75 Å². The summed E-state index contributed by atoms with van der Waals surface area (Å²) >= 11 is 0. The van der Waals surface area contributed by atoms with Gasteiger partial charge in [-0.15, -0.1) is 0 Å². The zero-order chi connectivity index (χ0) is 17.6. The van der Waals surface area contributed by atoms with Gasteiger partial charge in [0.25, 0.3) is 5.92 Å². The molecule has 1 unspecified atom stereocenters. The van der Waals surface area contributed by atoms with E-state index in [2.05, 4.69) is 5.32 Å². The molecule has 2 rings (SSSR count). The van der Waals surface area contributed by atoms with Gasteiger partial charge < -0.3 is 20.5 Å². The highest BCUT2D eigenvalue weighted by Crippen LogP contribution is 2.35. The van der Waals surface area contributed by atoms with Crippen LogP contribution in [0.2, 0.25) is 0 Å². The van der Waals surface area contributed by atoms with Crippen molar-refractivity contribution in [1.29, 1.82) is 0 Å². The topological polar surface area (TPSA) is 56.5 Å². The largest absolute Gasteiger partial charge is 0.497 e. The Morgan fingerprint density at radius 3 is 2.67 bits per heavy atom. The number of nitrogens with one attached hydrogen (secondary N) is 1. The van der Waals surface area contributed by atoms with Crippen LogP contribution in [0.3, 0.4) is 0 Å². The first-order valence-electron chi connectivity index (χ1n) is 8.54. The fourth-order valence-corrected chi connectivity index (χ4v) is 2.75. The molecule has 6 heteroatoms. The minimum Gasteiger partial charge on any atom is -0.497 e. The molecule has 3 N–H and O–H groups in total. The normalized spacial score (nSPS) is 16.0. The summed E-state index contributed by atoms with van der Waals surface area (Å²) < 4.78 is 38.7. The summed E-state index contributed by atoms with van der Waals surface area (Å²) in [5.41, 5.74) is 6.88. The second kappa shape index (κ2) is 8.51. The molecule has 1 aliphatic carbocycles. The number of methoxy groups -OCH3 is 2. The average molecular weight is 342 g/mol. The van der Waals surface area contributed by atoms with E-state index in [0.717, 1.165) is 18.8 Å². The Kier molecular flexibility index (Phi) is 6.66. The zero-order valence-electron chi connectivity index (χ0n) is 14.5. The first kappa shape index (κ1) is 18.8. The molecule has 1 saturated carbocycles. The van der Waals surface area contributed by atoms with Crippen molar-refractivity contribution in [3.05, 3.63) is 18.2 Å². The number of rotatable bonds is 11. The lowest BCUT2D eigenvalue weighted by Gasteiger charge is -2.25. The molecule has 136 valence electrons. The second-order valence-corrected chi connectivity index (χ2v) is 6.57. The number of anilines is 2. The number of nitrogens with two attached hydrogens (primary N) is 1. The van der Waals surface area contributed by atoms with Gasteiger partial charge in [-0.3, -0.25) is 0 Å². The SMILES string of the molecule is COc1ccc(N)c(NC(CC(F)(F)CCCCC2CC2)OC)c1. The summed E-state index contributed by atoms with van der Waals surface area (Å²) in [6.45, 7) is 0. The number of alkyl halides is 2. The van der Waals surface area contributed by atoms with Crippen molar-refractivity contribution in [2.45, 2.75) is 57.1 Å². The van der Waals surface area contributed by atoms with Gasteiger partial charge in [-0.05, 0) is 24.5 Å². The minimum atomic E-state index is -2.76. The quantitative estimate of drug-likeness (QED) is 0.349. The van der Waals surface area contributed by atoms with Crippen LogP contribution < -0.4 is 15.8 Å². The Morgan fingerprint density at radius 2 is 2.04 bits per heavy atom. The van der Waals surface area contributed by atoms with Crippen molar-refractivity contribution in [3.63, 3.8) is 0 Å². The Bertz CT molecular complexity index is 522. The van der Waals surface area contributed by atoms with E-state index in [0.29, 0.717) is 23.5 Å². The Balaban J connectivity index is 1.85. The van der Waals surface area contributed by atoms with E-state index in [1.807, 2.05) is 0 Å². The third-order valence-electron chi connectivity index (χ3n) is 4.45. The van der Waals surface area contributed by atoms with Crippen LogP contribution in [-0.4, -0.2) is 26.4 Å². The van der Waals surface area contributed by atoms with E-state index in [1.54, 1.807) is 25.3 Å². The van der Waals surface area contributed by atoms with Gasteiger partial charge >= 0.3 is 0 Å². The Morgan fingerprint density at radius 1 is 1.29 bits per heavy atom. The van der Waals surface area contributed by atoms with Crippen molar-refractivity contribution in [3.8, 4) is 5.75 Å². The number of ether oxygens (including phenoxy) is 2. The van der Waals surface area contributed by atoms with Crippen LogP contribution in [0.15, 0.2) is 18.2 Å². The maximum absolute atomic E-state index is 14.2. The zero-order valence-corrected chi connectivity index (χ0v) is 14.5. The highest BCUT2D eigenvalue weighted by atomic mass is 19.3. The monoisotopic (exact) mass is 342 g/mol. The Hall–Kier alpha value is -1.56. The fourth-order valence-electron chi connectivity index (χ4n) is 2.75. The van der Waals surface area contributed by atoms with Crippen molar-refractivity contribution in [2.24, 2.45) is 5.92 Å². The molecule has 24 heavy (non-hydrogen) atoms. The highest BCUT2D eigenvalue weighted by Gasteiger charge is 2.33. The van der Waals surface area contributed by atoms with E-state index >= 15 is 0 Å². The summed E-state index contributed by atoms with van der Waals surface area (Å²) in [6.07, 6.45) is 3.77. The summed E-state index contributed by atoms with van der Waals surface area (Å²) in [7, 11) is 2.95. The van der Waals surface area contributed by atoms with Crippen LogP contribution in [-0.2, 0) is 4.74 Å². The van der Waals surface area contributed by atoms with Gasteiger partial charge in [0.1, 0.15) is 12.0 Å². The molecule has 0 bridgehead atoms. The molecule has 1 aliphatic rings. The minimum absolute atomic E-state index is 0.102. The average Bonchev–Trinajstić information content (AvgIpc) is 3.37. The first-order valence-corrected chi connectivity index (χ1v) is 8.54. The van der Waals surface area contributed by atoms with Gasteiger partial charge in [-0.1, -0.05) is 25.7 Å². The standard InChI is InChI=1S/C18H28F2N2O2/c1-23-14-8-9-15(21)16(11-14)22-17(24-2)12-18(19,20)10-4-3-5-13-6-7-13/h8-9,11,13,17,22H,3-7,10,12,21H2,1-2H3. The molecule has 4 nitrogen and oxygen atoms in total. The van der Waals surface area contributed by atoms with Gasteiger partial charge in [0.2, 0.25) is 0 Å². The van der Waals surface area contributed by atoms with E-state index in [4.69, 9.17) is 15.2 Å². The molecule has 0 aromatic heterocycles. The van der Waals surface area contributed by atoms with Crippen LogP contribution in [0.1, 0.15) is 44.9 Å². The smallest absolute Gasteiger partial charge is 0.252 e. The third kappa shape index (κ3) is 6.15. The fraction of sp³-hybridized carbons (Fsp3) is 0.667. The molecule has 1 aromatic carbocycles. The first-order chi connectivity index (χ1) is 11.4. The lowest BCUT2D eigenvalue weighted by molar-refractivity contribution is -0.0552. The lowest BCUT2D eigenvalue weighted by atomic mass is 10.0. The van der Waals surface area contributed by atoms with Crippen LogP contribution in [0.4, 0.5) is 20.2 Å². The summed E-state index contributed by atoms with van der Waals surface area (Å²) in [5.74, 6) is -1.36. The molecule has 1 atom stereocenters. The van der Waals surface area contributed by atoms with E-state index in [9.17, 15) is 8.78 Å². The van der Waals surface area contributed by atoms with Gasteiger partial charge in [-0.25, -0.2) is 8.78 Å². The van der Waals surface area contributed by atoms with Crippen molar-refractivity contribution in [1.82, 2.24) is 0 Å². The van der Waals surface area contributed by atoms with Crippen LogP contribution in [0.25, 0.3) is 0 Å². The summed E-state index contributed by atoms with van der Waals surface area (Å²) in [5, 5.41) is 2.94. The molecule has 0 amide bonds. The maximum Gasteiger partial charge on any atom is 0.252 e. The predicted molar refractivity (Wildman–Crippen MR) is 92.6 cm³/mol. The van der Waals surface area contributed by atoms with Crippen molar-refractivity contribution >= 4 is 11.4 Å². The molecule has 0 aliphatic heterocycles. The van der Waals surface area contributed by atoms with Crippen molar-refractivity contribution in [2.75, 3.05) is 25.3 Å². The third-order valence-corrected chi connectivity index (χ3v) is 4.45.